The van der Waals surface area contributed by atoms with E-state index in [0.29, 0.717) is 13.2 Å². The molecule has 0 aromatic carbocycles. The summed E-state index contributed by atoms with van der Waals surface area (Å²) < 4.78 is 10.9. The molecule has 1 aliphatic rings. The second kappa shape index (κ2) is 7.35. The standard InChI is InChI=1S/C13H22O4/c1-3-16-13(17-4-2)8-6-10-5-7-11(14)12(15)9-10/h7,9-10,13-15H,3-6,8H2,1-2H3. The van der Waals surface area contributed by atoms with E-state index in [0.717, 1.165) is 19.3 Å². The summed E-state index contributed by atoms with van der Waals surface area (Å²) >= 11 is 0. The maximum atomic E-state index is 9.40. The monoisotopic (exact) mass is 242 g/mol. The summed E-state index contributed by atoms with van der Waals surface area (Å²) in [5.41, 5.74) is 0. The lowest BCUT2D eigenvalue weighted by Crippen LogP contribution is -2.18. The third-order valence-corrected chi connectivity index (χ3v) is 2.75. The molecule has 0 amide bonds. The van der Waals surface area contributed by atoms with E-state index in [4.69, 9.17) is 9.47 Å². The number of allylic oxidation sites excluding steroid dienone is 2. The molecule has 4 heteroatoms. The van der Waals surface area contributed by atoms with E-state index in [-0.39, 0.29) is 23.7 Å². The topological polar surface area (TPSA) is 58.9 Å². The van der Waals surface area contributed by atoms with E-state index in [9.17, 15) is 10.2 Å². The molecule has 1 unspecified atom stereocenters. The Morgan fingerprint density at radius 2 is 1.88 bits per heavy atom. The zero-order valence-electron chi connectivity index (χ0n) is 10.6. The average Bonchev–Trinajstić information content (AvgIpc) is 2.31. The number of rotatable bonds is 7. The molecule has 17 heavy (non-hydrogen) atoms. The van der Waals surface area contributed by atoms with Crippen molar-refractivity contribution in [2.75, 3.05) is 13.2 Å². The molecular weight excluding hydrogens is 220 g/mol. The number of hydrogen-bond acceptors (Lipinski definition) is 4. The van der Waals surface area contributed by atoms with Gasteiger partial charge in [0.15, 0.2) is 17.8 Å². The highest BCUT2D eigenvalue weighted by molar-refractivity contribution is 5.22. The molecule has 98 valence electrons. The third kappa shape index (κ3) is 4.79. The molecule has 1 atom stereocenters. The Bertz CT molecular complexity index is 277. The quantitative estimate of drug-likeness (QED) is 0.674. The average molecular weight is 242 g/mol. The normalized spacial score (nSPS) is 20.3. The zero-order valence-corrected chi connectivity index (χ0v) is 10.6. The fraction of sp³-hybridized carbons (Fsp3) is 0.692. The van der Waals surface area contributed by atoms with Crippen molar-refractivity contribution in [3.8, 4) is 0 Å². The third-order valence-electron chi connectivity index (χ3n) is 2.75. The smallest absolute Gasteiger partial charge is 0.157 e. The van der Waals surface area contributed by atoms with Crippen LogP contribution in [0.5, 0.6) is 0 Å². The molecule has 0 radical (unpaired) electrons. The molecule has 4 nitrogen and oxygen atoms in total. The maximum absolute atomic E-state index is 9.40. The molecule has 0 saturated carbocycles. The van der Waals surface area contributed by atoms with Crippen LogP contribution in [0.1, 0.15) is 33.1 Å². The first kappa shape index (κ1) is 14.1. The van der Waals surface area contributed by atoms with Crippen LogP contribution in [0, 0.1) is 5.92 Å². The summed E-state index contributed by atoms with van der Waals surface area (Å²) in [6.45, 7) is 5.16. The molecule has 0 heterocycles. The Morgan fingerprint density at radius 3 is 2.41 bits per heavy atom. The van der Waals surface area contributed by atoms with Crippen LogP contribution in [0.15, 0.2) is 23.7 Å². The molecule has 0 aromatic rings. The predicted molar refractivity (Wildman–Crippen MR) is 65.8 cm³/mol. The first-order valence-electron chi connectivity index (χ1n) is 6.20. The maximum Gasteiger partial charge on any atom is 0.157 e. The van der Waals surface area contributed by atoms with E-state index >= 15 is 0 Å². The highest BCUT2D eigenvalue weighted by Gasteiger charge is 2.16. The lowest BCUT2D eigenvalue weighted by molar-refractivity contribution is -0.141. The van der Waals surface area contributed by atoms with Crippen molar-refractivity contribution in [3.63, 3.8) is 0 Å². The van der Waals surface area contributed by atoms with Gasteiger partial charge in [0.25, 0.3) is 0 Å². The first-order chi connectivity index (χ1) is 8.17. The van der Waals surface area contributed by atoms with Gasteiger partial charge in [-0.1, -0.05) is 0 Å². The molecule has 0 fully saturated rings. The van der Waals surface area contributed by atoms with Crippen molar-refractivity contribution in [1.29, 1.82) is 0 Å². The van der Waals surface area contributed by atoms with Crippen LogP contribution in [0.2, 0.25) is 0 Å². The van der Waals surface area contributed by atoms with Crippen molar-refractivity contribution in [1.82, 2.24) is 0 Å². The van der Waals surface area contributed by atoms with Gasteiger partial charge in [0.2, 0.25) is 0 Å². The van der Waals surface area contributed by atoms with Gasteiger partial charge in [0.1, 0.15) is 0 Å². The number of hydrogen-bond donors (Lipinski definition) is 2. The van der Waals surface area contributed by atoms with Crippen LogP contribution in [0.3, 0.4) is 0 Å². The molecule has 0 aromatic heterocycles. The molecule has 0 spiro atoms. The SMILES string of the molecule is CCOC(CCC1C=C(O)C(O)=CC1)OCC. The van der Waals surface area contributed by atoms with Crippen LogP contribution in [0.4, 0.5) is 0 Å². The van der Waals surface area contributed by atoms with E-state index in [1.54, 1.807) is 12.2 Å². The van der Waals surface area contributed by atoms with Gasteiger partial charge in [-0.25, -0.2) is 0 Å². The summed E-state index contributed by atoms with van der Waals surface area (Å²) in [4.78, 5) is 0. The second-order valence-corrected chi connectivity index (χ2v) is 4.05. The molecule has 0 saturated heterocycles. The van der Waals surface area contributed by atoms with E-state index in [1.165, 1.54) is 0 Å². The van der Waals surface area contributed by atoms with Crippen molar-refractivity contribution >= 4 is 0 Å². The fourth-order valence-electron chi connectivity index (χ4n) is 1.88. The molecule has 2 N–H and O–H groups in total. The number of ether oxygens (including phenoxy) is 2. The van der Waals surface area contributed by atoms with Gasteiger partial charge < -0.3 is 19.7 Å². The molecule has 0 aliphatic heterocycles. The van der Waals surface area contributed by atoms with Gasteiger partial charge in [-0.05, 0) is 51.2 Å². The van der Waals surface area contributed by atoms with Crippen molar-refractivity contribution in [2.24, 2.45) is 5.92 Å². The van der Waals surface area contributed by atoms with Gasteiger partial charge in [-0.3, -0.25) is 0 Å². The van der Waals surface area contributed by atoms with Crippen molar-refractivity contribution in [2.45, 2.75) is 39.4 Å². The highest BCUT2D eigenvalue weighted by atomic mass is 16.7. The summed E-state index contributed by atoms with van der Waals surface area (Å²) in [6.07, 6.45) is 5.60. The van der Waals surface area contributed by atoms with E-state index < -0.39 is 0 Å². The largest absolute Gasteiger partial charge is 0.504 e. The molecule has 0 bridgehead atoms. The summed E-state index contributed by atoms with van der Waals surface area (Å²) in [5, 5.41) is 18.6. The summed E-state index contributed by atoms with van der Waals surface area (Å²) in [5.74, 6) is 0.201. The summed E-state index contributed by atoms with van der Waals surface area (Å²) in [6, 6.07) is 0. The van der Waals surface area contributed by atoms with Gasteiger partial charge in [-0.2, -0.15) is 0 Å². The van der Waals surface area contributed by atoms with E-state index in [1.807, 2.05) is 13.8 Å². The Kier molecular flexibility index (Phi) is 6.08. The van der Waals surface area contributed by atoms with Crippen LogP contribution >= 0.6 is 0 Å². The second-order valence-electron chi connectivity index (χ2n) is 4.05. The van der Waals surface area contributed by atoms with Crippen LogP contribution in [-0.2, 0) is 9.47 Å². The van der Waals surface area contributed by atoms with Crippen molar-refractivity contribution < 1.29 is 19.7 Å². The Hall–Kier alpha value is -1.00. The first-order valence-corrected chi connectivity index (χ1v) is 6.20. The van der Waals surface area contributed by atoms with Gasteiger partial charge >= 0.3 is 0 Å². The van der Waals surface area contributed by atoms with E-state index in [2.05, 4.69) is 0 Å². The lowest BCUT2D eigenvalue weighted by atomic mass is 9.94. The minimum absolute atomic E-state index is 0.0209. The van der Waals surface area contributed by atoms with Crippen molar-refractivity contribution in [3.05, 3.63) is 23.7 Å². The molecule has 1 rings (SSSR count). The number of aliphatic hydroxyl groups excluding tert-OH is 2. The Labute approximate surface area is 103 Å². The number of aliphatic hydroxyl groups is 2. The minimum atomic E-state index is -0.167. The lowest BCUT2D eigenvalue weighted by Gasteiger charge is -2.20. The predicted octanol–water partition coefficient (Wildman–Crippen LogP) is 3.07. The molecular formula is C13H22O4. The van der Waals surface area contributed by atoms with Gasteiger partial charge in [0.05, 0.1) is 0 Å². The Balaban J connectivity index is 2.35. The molecule has 1 aliphatic carbocycles. The van der Waals surface area contributed by atoms with Crippen LogP contribution in [-0.4, -0.2) is 29.7 Å². The summed E-state index contributed by atoms with van der Waals surface area (Å²) in [7, 11) is 0. The van der Waals surface area contributed by atoms with Crippen LogP contribution < -0.4 is 0 Å². The minimum Gasteiger partial charge on any atom is -0.504 e. The fourth-order valence-corrected chi connectivity index (χ4v) is 1.88. The van der Waals surface area contributed by atoms with Gasteiger partial charge in [0, 0.05) is 13.2 Å². The van der Waals surface area contributed by atoms with Gasteiger partial charge in [-0.15, -0.1) is 0 Å². The van der Waals surface area contributed by atoms with Crippen LogP contribution in [0.25, 0.3) is 0 Å². The highest BCUT2D eigenvalue weighted by Crippen LogP contribution is 2.24. The Morgan fingerprint density at radius 1 is 1.24 bits per heavy atom. The zero-order chi connectivity index (χ0) is 12.7.